The van der Waals surface area contributed by atoms with Crippen LogP contribution in [0.25, 0.3) is 0 Å². The molecule has 2 aromatic carbocycles. The maximum absolute atomic E-state index is 12.8. The van der Waals surface area contributed by atoms with Crippen LogP contribution in [0, 0.1) is 0 Å². The average Bonchev–Trinajstić information content (AvgIpc) is 2.68. The summed E-state index contributed by atoms with van der Waals surface area (Å²) in [6.45, 7) is 17.8. The summed E-state index contributed by atoms with van der Waals surface area (Å²) in [5, 5.41) is 25.2. The summed E-state index contributed by atoms with van der Waals surface area (Å²) in [6, 6.07) is 8.81. The van der Waals surface area contributed by atoms with Crippen molar-refractivity contribution in [3.8, 4) is 11.5 Å². The van der Waals surface area contributed by atoms with E-state index >= 15 is 0 Å². The van der Waals surface area contributed by atoms with E-state index in [1.165, 1.54) is 6.21 Å². The van der Waals surface area contributed by atoms with Crippen LogP contribution in [-0.2, 0) is 10.8 Å². The van der Waals surface area contributed by atoms with Crippen molar-refractivity contribution < 1.29 is 15.0 Å². The average molecular weight is 440 g/mol. The summed E-state index contributed by atoms with van der Waals surface area (Å²) >= 11 is 0. The molecule has 6 heteroatoms. The van der Waals surface area contributed by atoms with E-state index in [9.17, 15) is 15.0 Å². The first-order valence-corrected chi connectivity index (χ1v) is 11.1. The van der Waals surface area contributed by atoms with Gasteiger partial charge in [-0.05, 0) is 48.9 Å². The first-order chi connectivity index (χ1) is 14.8. The highest BCUT2D eigenvalue weighted by molar-refractivity contribution is 5.96. The molecule has 0 aromatic heterocycles. The minimum atomic E-state index is -0.378. The third-order valence-corrected chi connectivity index (χ3v) is 5.50. The second kappa shape index (κ2) is 9.63. The highest BCUT2D eigenvalue weighted by Crippen LogP contribution is 2.39. The normalized spacial score (nSPS) is 12.2. The number of nitrogens with zero attached hydrogens (tertiary/aromatic N) is 2. The molecule has 0 heterocycles. The third-order valence-electron chi connectivity index (χ3n) is 5.50. The van der Waals surface area contributed by atoms with Gasteiger partial charge >= 0.3 is 0 Å². The molecule has 0 saturated carbocycles. The van der Waals surface area contributed by atoms with Gasteiger partial charge in [0.15, 0.2) is 0 Å². The fraction of sp³-hybridized carbons (Fsp3) is 0.462. The lowest BCUT2D eigenvalue weighted by molar-refractivity contribution is 0.0955. The number of aromatic hydroxyl groups is 2. The Morgan fingerprint density at radius 2 is 1.50 bits per heavy atom. The molecule has 6 nitrogen and oxygen atoms in total. The Bertz CT molecular complexity index is 959. The van der Waals surface area contributed by atoms with Crippen LogP contribution in [0.3, 0.4) is 0 Å². The van der Waals surface area contributed by atoms with Crippen LogP contribution in [0.4, 0.5) is 5.69 Å². The minimum Gasteiger partial charge on any atom is -0.507 e. The van der Waals surface area contributed by atoms with Crippen molar-refractivity contribution in [3.63, 3.8) is 0 Å². The molecular formula is C26H37N3O3. The molecule has 1 amide bonds. The molecule has 0 aliphatic rings. The Kier molecular flexibility index (Phi) is 7.60. The van der Waals surface area contributed by atoms with Crippen molar-refractivity contribution in [2.24, 2.45) is 5.10 Å². The number of amides is 1. The lowest BCUT2D eigenvalue weighted by Gasteiger charge is -2.28. The first-order valence-electron chi connectivity index (χ1n) is 11.1. The van der Waals surface area contributed by atoms with E-state index in [2.05, 4.69) is 29.3 Å². The van der Waals surface area contributed by atoms with Crippen LogP contribution in [0.1, 0.15) is 82.4 Å². The smallest absolute Gasteiger partial charge is 0.271 e. The van der Waals surface area contributed by atoms with E-state index in [-0.39, 0.29) is 28.2 Å². The fourth-order valence-electron chi connectivity index (χ4n) is 3.56. The molecule has 0 spiro atoms. The predicted molar refractivity (Wildman–Crippen MR) is 132 cm³/mol. The summed E-state index contributed by atoms with van der Waals surface area (Å²) in [7, 11) is 0. The number of benzene rings is 2. The number of hydrazone groups is 1. The molecule has 0 saturated heterocycles. The molecule has 0 aliphatic heterocycles. The summed E-state index contributed by atoms with van der Waals surface area (Å²) in [4.78, 5) is 15.0. The summed E-state index contributed by atoms with van der Waals surface area (Å²) in [5.74, 6) is -0.0539. The van der Waals surface area contributed by atoms with Gasteiger partial charge in [0.1, 0.15) is 11.5 Å². The number of carbonyl (C=O) groups is 1. The predicted octanol–water partition coefficient (Wildman–Crippen LogP) is 5.30. The van der Waals surface area contributed by atoms with Crippen LogP contribution < -0.4 is 10.3 Å². The van der Waals surface area contributed by atoms with Crippen LogP contribution >= 0.6 is 0 Å². The Hall–Kier alpha value is -3.02. The van der Waals surface area contributed by atoms with Gasteiger partial charge in [-0.25, -0.2) is 5.43 Å². The van der Waals surface area contributed by atoms with Gasteiger partial charge in [0.05, 0.1) is 6.21 Å². The number of phenols is 2. The standard InChI is InChI=1S/C26H37N3O3/c1-9-29(10-2)19-12-11-17(22(30)15-19)16-27-28-24(32)18-13-20(25(3,4)5)23(31)21(14-18)26(6,7)8/h11-16,30-31H,9-10H2,1-8H3,(H,28,32). The van der Waals surface area contributed by atoms with Crippen molar-refractivity contribution in [1.29, 1.82) is 0 Å². The second-order valence-corrected chi connectivity index (χ2v) is 10.0. The van der Waals surface area contributed by atoms with Crippen molar-refractivity contribution in [2.75, 3.05) is 18.0 Å². The zero-order valence-corrected chi connectivity index (χ0v) is 20.6. The molecule has 174 valence electrons. The number of hydrogen-bond acceptors (Lipinski definition) is 5. The van der Waals surface area contributed by atoms with Crippen molar-refractivity contribution in [1.82, 2.24) is 5.43 Å². The van der Waals surface area contributed by atoms with Crippen LogP contribution in [0.15, 0.2) is 35.4 Å². The summed E-state index contributed by atoms with van der Waals surface area (Å²) < 4.78 is 0. The number of hydrogen-bond donors (Lipinski definition) is 3. The van der Waals surface area contributed by atoms with Gasteiger partial charge in [0, 0.05) is 47.1 Å². The van der Waals surface area contributed by atoms with Gasteiger partial charge in [0.2, 0.25) is 0 Å². The number of carbonyl (C=O) groups excluding carboxylic acids is 1. The molecule has 0 radical (unpaired) electrons. The maximum Gasteiger partial charge on any atom is 0.271 e. The molecular weight excluding hydrogens is 402 g/mol. The van der Waals surface area contributed by atoms with Crippen molar-refractivity contribution in [2.45, 2.75) is 66.2 Å². The van der Waals surface area contributed by atoms with E-state index in [0.717, 1.165) is 18.8 Å². The molecule has 0 atom stereocenters. The number of phenolic OH excluding ortho intramolecular Hbond substituents is 2. The van der Waals surface area contributed by atoms with Crippen LogP contribution in [0.5, 0.6) is 11.5 Å². The van der Waals surface area contributed by atoms with Gasteiger partial charge in [0.25, 0.3) is 5.91 Å². The molecule has 0 aliphatic carbocycles. The van der Waals surface area contributed by atoms with Crippen LogP contribution in [0.2, 0.25) is 0 Å². The van der Waals surface area contributed by atoms with Gasteiger partial charge in [-0.15, -0.1) is 0 Å². The summed E-state index contributed by atoms with van der Waals surface area (Å²) in [5.41, 5.74) is 5.17. The minimum absolute atomic E-state index is 0.0991. The Morgan fingerprint density at radius 3 is 1.94 bits per heavy atom. The largest absolute Gasteiger partial charge is 0.507 e. The van der Waals surface area contributed by atoms with Gasteiger partial charge in [-0.2, -0.15) is 5.10 Å². The highest BCUT2D eigenvalue weighted by Gasteiger charge is 2.27. The van der Waals surface area contributed by atoms with Gasteiger partial charge in [-0.3, -0.25) is 4.79 Å². The molecule has 2 rings (SSSR count). The third kappa shape index (κ3) is 5.81. The Balaban J connectivity index is 2.29. The molecule has 2 aromatic rings. The van der Waals surface area contributed by atoms with Gasteiger partial charge in [-0.1, -0.05) is 41.5 Å². The Morgan fingerprint density at radius 1 is 0.969 bits per heavy atom. The lowest BCUT2D eigenvalue weighted by atomic mass is 9.78. The molecule has 3 N–H and O–H groups in total. The SMILES string of the molecule is CCN(CC)c1ccc(C=NNC(=O)c2cc(C(C)(C)C)c(O)c(C(C)(C)C)c2)c(O)c1. The van der Waals surface area contributed by atoms with E-state index in [1.54, 1.807) is 24.3 Å². The fourth-order valence-corrected chi connectivity index (χ4v) is 3.56. The van der Waals surface area contributed by atoms with E-state index in [0.29, 0.717) is 22.3 Å². The van der Waals surface area contributed by atoms with E-state index in [4.69, 9.17) is 0 Å². The monoisotopic (exact) mass is 439 g/mol. The highest BCUT2D eigenvalue weighted by atomic mass is 16.3. The number of nitrogens with one attached hydrogen (secondary N) is 1. The molecule has 0 bridgehead atoms. The van der Waals surface area contributed by atoms with Gasteiger partial charge < -0.3 is 15.1 Å². The van der Waals surface area contributed by atoms with Crippen molar-refractivity contribution >= 4 is 17.8 Å². The van der Waals surface area contributed by atoms with E-state index < -0.39 is 0 Å². The molecule has 0 unspecified atom stereocenters. The van der Waals surface area contributed by atoms with Crippen LogP contribution in [-0.4, -0.2) is 35.4 Å². The number of anilines is 1. The number of rotatable bonds is 6. The first kappa shape index (κ1) is 25.2. The lowest BCUT2D eigenvalue weighted by Crippen LogP contribution is -2.22. The summed E-state index contributed by atoms with van der Waals surface area (Å²) in [6.07, 6.45) is 1.43. The topological polar surface area (TPSA) is 85.2 Å². The Labute approximate surface area is 192 Å². The molecule has 0 fully saturated rings. The molecule has 32 heavy (non-hydrogen) atoms. The maximum atomic E-state index is 12.8. The zero-order chi connectivity index (χ0) is 24.3. The quantitative estimate of drug-likeness (QED) is 0.421. The second-order valence-electron chi connectivity index (χ2n) is 10.0. The van der Waals surface area contributed by atoms with E-state index in [1.807, 2.05) is 47.6 Å². The van der Waals surface area contributed by atoms with Crippen molar-refractivity contribution in [3.05, 3.63) is 52.6 Å². The zero-order valence-electron chi connectivity index (χ0n) is 20.6.